The molecular formula is C24H37NO2S. The molecule has 0 aromatic heterocycles. The van der Waals surface area contributed by atoms with Crippen LogP contribution in [0.3, 0.4) is 0 Å². The van der Waals surface area contributed by atoms with Gasteiger partial charge in [-0.15, -0.1) is 0 Å². The average molecular weight is 404 g/mol. The van der Waals surface area contributed by atoms with Gasteiger partial charge in [0, 0.05) is 17.6 Å². The maximum absolute atomic E-state index is 12.7. The Morgan fingerprint density at radius 1 is 0.929 bits per heavy atom. The molecule has 156 valence electrons. The Hall–Kier alpha value is -1.29. The van der Waals surface area contributed by atoms with Crippen molar-refractivity contribution in [2.75, 3.05) is 0 Å². The van der Waals surface area contributed by atoms with Crippen molar-refractivity contribution in [2.24, 2.45) is 5.92 Å². The number of unbranched alkanes of at least 4 members (excludes halogenated alkanes) is 9. The molecule has 1 aromatic carbocycles. The van der Waals surface area contributed by atoms with Crippen LogP contribution in [0.5, 0.6) is 0 Å². The molecule has 0 bridgehead atoms. The maximum Gasteiger partial charge on any atom is 0.243 e. The lowest BCUT2D eigenvalue weighted by Crippen LogP contribution is -2.24. The summed E-state index contributed by atoms with van der Waals surface area (Å²) in [6.45, 7) is 4.31. The molecule has 2 atom stereocenters. The summed E-state index contributed by atoms with van der Waals surface area (Å²) in [6.07, 6.45) is 14.2. The summed E-state index contributed by atoms with van der Waals surface area (Å²) in [5.41, 5.74) is 1.14. The number of hydrogen-bond acceptors (Lipinski definition) is 3. The molecule has 0 aliphatic carbocycles. The fourth-order valence-electron chi connectivity index (χ4n) is 3.83. The van der Waals surface area contributed by atoms with Crippen molar-refractivity contribution in [3.63, 3.8) is 0 Å². The van der Waals surface area contributed by atoms with Gasteiger partial charge in [-0.2, -0.15) is 0 Å². The topological polar surface area (TPSA) is 37.4 Å². The highest BCUT2D eigenvalue weighted by atomic mass is 32.2. The monoisotopic (exact) mass is 403 g/mol. The van der Waals surface area contributed by atoms with E-state index < -0.39 is 0 Å². The molecule has 0 radical (unpaired) electrons. The first kappa shape index (κ1) is 23.0. The number of carbonyl (C=O) groups is 2. The summed E-state index contributed by atoms with van der Waals surface area (Å²) in [7, 11) is 0. The third-order valence-corrected chi connectivity index (χ3v) is 6.82. The van der Waals surface area contributed by atoms with Gasteiger partial charge in [0.05, 0.1) is 0 Å². The highest BCUT2D eigenvalue weighted by molar-refractivity contribution is 7.98. The van der Waals surface area contributed by atoms with E-state index in [-0.39, 0.29) is 23.0 Å². The van der Waals surface area contributed by atoms with Crippen LogP contribution in [0.2, 0.25) is 0 Å². The summed E-state index contributed by atoms with van der Waals surface area (Å²) >= 11 is 1.37. The lowest BCUT2D eigenvalue weighted by Gasteiger charge is -2.19. The molecule has 2 unspecified atom stereocenters. The van der Waals surface area contributed by atoms with E-state index in [2.05, 4.69) is 13.8 Å². The highest BCUT2D eigenvalue weighted by Gasteiger charge is 2.39. The minimum atomic E-state index is -0.1000. The summed E-state index contributed by atoms with van der Waals surface area (Å²) in [5, 5.41) is 0.102. The zero-order valence-electron chi connectivity index (χ0n) is 17.7. The zero-order valence-corrected chi connectivity index (χ0v) is 18.5. The number of amides is 2. The van der Waals surface area contributed by atoms with Gasteiger partial charge in [-0.25, -0.2) is 4.31 Å². The Balaban J connectivity index is 1.61. The van der Waals surface area contributed by atoms with Gasteiger partial charge in [-0.05, 0) is 30.9 Å². The number of carbonyl (C=O) groups excluding carboxylic acids is 2. The van der Waals surface area contributed by atoms with E-state index in [1.165, 1.54) is 74.0 Å². The first-order valence-corrected chi connectivity index (χ1v) is 12.1. The lowest BCUT2D eigenvalue weighted by atomic mass is 9.98. The second-order valence-electron chi connectivity index (χ2n) is 8.06. The van der Waals surface area contributed by atoms with E-state index in [4.69, 9.17) is 0 Å². The van der Waals surface area contributed by atoms with E-state index in [0.29, 0.717) is 6.42 Å². The molecule has 2 amide bonds. The summed E-state index contributed by atoms with van der Waals surface area (Å²) in [6, 6.07) is 10.1. The summed E-state index contributed by atoms with van der Waals surface area (Å²) in [4.78, 5) is 25.0. The molecular weight excluding hydrogens is 366 g/mol. The zero-order chi connectivity index (χ0) is 20.2. The Morgan fingerprint density at radius 3 is 2.11 bits per heavy atom. The van der Waals surface area contributed by atoms with Crippen molar-refractivity contribution in [1.82, 2.24) is 4.31 Å². The second-order valence-corrected chi connectivity index (χ2v) is 9.34. The molecule has 0 N–H and O–H groups in total. The van der Waals surface area contributed by atoms with Gasteiger partial charge in [0.2, 0.25) is 11.8 Å². The van der Waals surface area contributed by atoms with Crippen molar-refractivity contribution in [3.05, 3.63) is 35.9 Å². The molecule has 1 heterocycles. The van der Waals surface area contributed by atoms with Gasteiger partial charge in [0.1, 0.15) is 0 Å². The Labute approximate surface area is 175 Å². The summed E-state index contributed by atoms with van der Waals surface area (Å²) in [5.74, 6) is -0.0967. The smallest absolute Gasteiger partial charge is 0.243 e. The molecule has 0 saturated carbocycles. The Kier molecular flexibility index (Phi) is 10.7. The molecule has 1 aromatic rings. The van der Waals surface area contributed by atoms with Crippen molar-refractivity contribution in [1.29, 1.82) is 0 Å². The molecule has 1 aliphatic rings. The largest absolute Gasteiger partial charge is 0.273 e. The third-order valence-electron chi connectivity index (χ3n) is 5.64. The third kappa shape index (κ3) is 7.62. The van der Waals surface area contributed by atoms with E-state index in [0.717, 1.165) is 18.4 Å². The fraction of sp³-hybridized carbons (Fsp3) is 0.667. The van der Waals surface area contributed by atoms with Crippen molar-refractivity contribution >= 4 is 23.8 Å². The van der Waals surface area contributed by atoms with Gasteiger partial charge in [0.25, 0.3) is 0 Å². The van der Waals surface area contributed by atoms with Gasteiger partial charge < -0.3 is 0 Å². The van der Waals surface area contributed by atoms with Crippen LogP contribution in [0, 0.1) is 5.92 Å². The van der Waals surface area contributed by atoms with Crippen molar-refractivity contribution in [2.45, 2.75) is 96.1 Å². The first-order chi connectivity index (χ1) is 13.6. The predicted molar refractivity (Wildman–Crippen MR) is 119 cm³/mol. The number of imide groups is 1. The minimum Gasteiger partial charge on any atom is -0.273 e. The number of hydrogen-bond donors (Lipinski definition) is 0. The van der Waals surface area contributed by atoms with Crippen molar-refractivity contribution in [3.8, 4) is 0 Å². The number of benzene rings is 1. The molecule has 0 spiro atoms. The second kappa shape index (κ2) is 13.0. The van der Waals surface area contributed by atoms with E-state index >= 15 is 0 Å². The quantitative estimate of drug-likeness (QED) is 0.189. The molecule has 1 saturated heterocycles. The van der Waals surface area contributed by atoms with E-state index in [1.54, 1.807) is 0 Å². The summed E-state index contributed by atoms with van der Waals surface area (Å²) < 4.78 is 1.43. The van der Waals surface area contributed by atoms with Gasteiger partial charge in [0.15, 0.2) is 0 Å². The Morgan fingerprint density at radius 2 is 1.50 bits per heavy atom. The Bertz CT molecular complexity index is 590. The van der Waals surface area contributed by atoms with E-state index in [1.807, 2.05) is 30.3 Å². The first-order valence-electron chi connectivity index (χ1n) is 11.2. The van der Waals surface area contributed by atoms with Crippen LogP contribution in [0.15, 0.2) is 30.3 Å². The van der Waals surface area contributed by atoms with Crippen LogP contribution in [0.4, 0.5) is 0 Å². The fourth-order valence-corrected chi connectivity index (χ4v) is 4.87. The minimum absolute atomic E-state index is 0.0186. The molecule has 4 heteroatoms. The van der Waals surface area contributed by atoms with Crippen molar-refractivity contribution < 1.29 is 9.59 Å². The van der Waals surface area contributed by atoms with Gasteiger partial charge >= 0.3 is 0 Å². The SMILES string of the molecule is CCCCCCCCCCCCC1CC(=O)N(SC(C)c2ccccc2)C1=O. The molecule has 1 fully saturated rings. The molecule has 28 heavy (non-hydrogen) atoms. The highest BCUT2D eigenvalue weighted by Crippen LogP contribution is 2.37. The van der Waals surface area contributed by atoms with E-state index in [9.17, 15) is 9.59 Å². The van der Waals surface area contributed by atoms with Crippen LogP contribution >= 0.6 is 11.9 Å². The van der Waals surface area contributed by atoms with Crippen LogP contribution in [-0.4, -0.2) is 16.1 Å². The molecule has 2 rings (SSSR count). The van der Waals surface area contributed by atoms with Crippen LogP contribution in [0.1, 0.15) is 102 Å². The number of rotatable bonds is 14. The van der Waals surface area contributed by atoms with Crippen LogP contribution in [0.25, 0.3) is 0 Å². The van der Waals surface area contributed by atoms with Gasteiger partial charge in [-0.3, -0.25) is 9.59 Å². The molecule has 3 nitrogen and oxygen atoms in total. The van der Waals surface area contributed by atoms with Crippen LogP contribution in [-0.2, 0) is 9.59 Å². The van der Waals surface area contributed by atoms with Crippen LogP contribution < -0.4 is 0 Å². The molecule has 1 aliphatic heterocycles. The van der Waals surface area contributed by atoms with Gasteiger partial charge in [-0.1, -0.05) is 101 Å². The maximum atomic E-state index is 12.7. The number of nitrogens with zero attached hydrogens (tertiary/aromatic N) is 1. The lowest BCUT2D eigenvalue weighted by molar-refractivity contribution is -0.132. The standard InChI is InChI=1S/C24H37NO2S/c1-3-4-5-6-7-8-9-10-11-13-18-22-19-23(26)25(24(22)27)28-20(2)21-16-14-12-15-17-21/h12,14-17,20,22H,3-11,13,18-19H2,1-2H3. The average Bonchev–Trinajstić information content (AvgIpc) is 2.97. The predicted octanol–water partition coefficient (Wildman–Crippen LogP) is 7.08. The normalized spacial score (nSPS) is 18.1.